The Morgan fingerprint density at radius 1 is 1.38 bits per heavy atom. The van der Waals surface area contributed by atoms with Gasteiger partial charge in [0.2, 0.25) is 5.91 Å². The zero-order valence-corrected chi connectivity index (χ0v) is 6.95. The van der Waals surface area contributed by atoms with E-state index in [1.54, 1.807) is 6.20 Å². The van der Waals surface area contributed by atoms with E-state index in [0.29, 0.717) is 0 Å². The first-order chi connectivity index (χ1) is 6.27. The van der Waals surface area contributed by atoms with Gasteiger partial charge in [-0.1, -0.05) is 18.2 Å². The standard InChI is InChI=1S/C10H9N2O/c11-10(13)5-7-6-12-9-4-2-1-3-8(7)9/h1-6,12H,(H2,11,13). The lowest BCUT2D eigenvalue weighted by molar-refractivity contribution is -0.114. The minimum Gasteiger partial charge on any atom is -0.369 e. The van der Waals surface area contributed by atoms with E-state index in [2.05, 4.69) is 4.98 Å². The maximum Gasteiger partial charge on any atom is 0.226 e. The van der Waals surface area contributed by atoms with Gasteiger partial charge in [0, 0.05) is 17.1 Å². The van der Waals surface area contributed by atoms with Crippen molar-refractivity contribution >= 4 is 16.8 Å². The van der Waals surface area contributed by atoms with Crippen LogP contribution in [0.1, 0.15) is 5.56 Å². The summed E-state index contributed by atoms with van der Waals surface area (Å²) in [6.07, 6.45) is 3.19. The quantitative estimate of drug-likeness (QED) is 0.704. The number of hydrogen-bond donors (Lipinski definition) is 2. The molecular weight excluding hydrogens is 164 g/mol. The SMILES string of the molecule is NC(=O)[CH]c1c[nH]c2ccccc12. The van der Waals surface area contributed by atoms with Gasteiger partial charge in [0.15, 0.2) is 0 Å². The average molecular weight is 173 g/mol. The molecule has 2 aromatic rings. The Labute approximate surface area is 75.6 Å². The third kappa shape index (κ3) is 1.40. The molecule has 0 fully saturated rings. The zero-order chi connectivity index (χ0) is 9.26. The van der Waals surface area contributed by atoms with Crippen LogP contribution in [0.2, 0.25) is 0 Å². The second kappa shape index (κ2) is 2.94. The monoisotopic (exact) mass is 173 g/mol. The lowest BCUT2D eigenvalue weighted by Gasteiger charge is -1.92. The van der Waals surface area contributed by atoms with E-state index < -0.39 is 5.91 Å². The predicted octanol–water partition coefficient (Wildman–Crippen LogP) is 1.21. The summed E-state index contributed by atoms with van der Waals surface area (Å²) in [6, 6.07) is 7.76. The molecule has 0 atom stereocenters. The second-order valence-electron chi connectivity index (χ2n) is 2.84. The highest BCUT2D eigenvalue weighted by molar-refractivity contribution is 5.94. The van der Waals surface area contributed by atoms with Gasteiger partial charge in [-0.3, -0.25) is 4.79 Å². The largest absolute Gasteiger partial charge is 0.369 e. The Morgan fingerprint density at radius 3 is 2.92 bits per heavy atom. The van der Waals surface area contributed by atoms with Crippen molar-refractivity contribution in [2.45, 2.75) is 0 Å². The zero-order valence-electron chi connectivity index (χ0n) is 6.95. The first kappa shape index (κ1) is 7.86. The number of aromatic amines is 1. The fourth-order valence-corrected chi connectivity index (χ4v) is 1.37. The van der Waals surface area contributed by atoms with E-state index in [1.165, 1.54) is 6.42 Å². The van der Waals surface area contributed by atoms with E-state index in [1.807, 2.05) is 24.3 Å². The molecule has 0 saturated carbocycles. The van der Waals surface area contributed by atoms with Crippen LogP contribution in [0.5, 0.6) is 0 Å². The van der Waals surface area contributed by atoms with Crippen molar-refractivity contribution in [1.82, 2.24) is 4.98 Å². The van der Waals surface area contributed by atoms with Gasteiger partial charge < -0.3 is 10.7 Å². The molecule has 1 aromatic carbocycles. The Hall–Kier alpha value is -1.77. The summed E-state index contributed by atoms with van der Waals surface area (Å²) in [5.41, 5.74) is 6.91. The van der Waals surface area contributed by atoms with Crippen LogP contribution in [0.15, 0.2) is 30.5 Å². The van der Waals surface area contributed by atoms with Crippen LogP contribution in [-0.2, 0) is 4.79 Å². The number of rotatable bonds is 2. The van der Waals surface area contributed by atoms with Crippen molar-refractivity contribution < 1.29 is 4.79 Å². The van der Waals surface area contributed by atoms with Crippen LogP contribution in [0.4, 0.5) is 0 Å². The van der Waals surface area contributed by atoms with Gasteiger partial charge in [0.05, 0.1) is 6.42 Å². The van der Waals surface area contributed by atoms with Crippen LogP contribution in [-0.4, -0.2) is 10.9 Å². The Bertz CT molecular complexity index is 445. The molecule has 3 heteroatoms. The molecule has 0 aliphatic heterocycles. The highest BCUT2D eigenvalue weighted by Gasteiger charge is 2.05. The maximum atomic E-state index is 10.7. The van der Waals surface area contributed by atoms with Crippen molar-refractivity contribution in [3.05, 3.63) is 42.4 Å². The number of fused-ring (bicyclic) bond motifs is 1. The number of para-hydroxylation sites is 1. The van der Waals surface area contributed by atoms with Gasteiger partial charge in [0.25, 0.3) is 0 Å². The normalized spacial score (nSPS) is 10.5. The molecule has 1 aromatic heterocycles. The molecule has 0 spiro atoms. The summed E-state index contributed by atoms with van der Waals surface area (Å²) in [6.45, 7) is 0. The third-order valence-electron chi connectivity index (χ3n) is 1.92. The Morgan fingerprint density at radius 2 is 2.15 bits per heavy atom. The molecule has 13 heavy (non-hydrogen) atoms. The molecule has 0 aliphatic rings. The number of carbonyl (C=O) groups is 1. The fraction of sp³-hybridized carbons (Fsp3) is 0. The molecule has 1 radical (unpaired) electrons. The minimum atomic E-state index is -0.426. The highest BCUT2D eigenvalue weighted by Crippen LogP contribution is 2.18. The van der Waals surface area contributed by atoms with Crippen LogP contribution >= 0.6 is 0 Å². The maximum absolute atomic E-state index is 10.7. The minimum absolute atomic E-state index is 0.426. The first-order valence-corrected chi connectivity index (χ1v) is 3.97. The van der Waals surface area contributed by atoms with Gasteiger partial charge in [-0.15, -0.1) is 0 Å². The summed E-state index contributed by atoms with van der Waals surface area (Å²) in [5.74, 6) is -0.426. The molecule has 0 saturated heterocycles. The molecule has 0 bridgehead atoms. The number of carbonyl (C=O) groups excluding carboxylic acids is 1. The van der Waals surface area contributed by atoms with Crippen molar-refractivity contribution in [3.8, 4) is 0 Å². The molecule has 0 unspecified atom stereocenters. The van der Waals surface area contributed by atoms with E-state index in [4.69, 9.17) is 5.73 Å². The summed E-state index contributed by atoms with van der Waals surface area (Å²) >= 11 is 0. The van der Waals surface area contributed by atoms with E-state index >= 15 is 0 Å². The molecule has 65 valence electrons. The fourth-order valence-electron chi connectivity index (χ4n) is 1.37. The van der Waals surface area contributed by atoms with Crippen LogP contribution in [0, 0.1) is 6.42 Å². The van der Waals surface area contributed by atoms with Gasteiger partial charge in [-0.05, 0) is 11.6 Å². The molecule has 2 rings (SSSR count). The third-order valence-corrected chi connectivity index (χ3v) is 1.92. The number of hydrogen-bond acceptors (Lipinski definition) is 1. The second-order valence-corrected chi connectivity index (χ2v) is 2.84. The average Bonchev–Trinajstić information content (AvgIpc) is 2.48. The number of nitrogens with one attached hydrogen (secondary N) is 1. The number of primary amides is 1. The first-order valence-electron chi connectivity index (χ1n) is 3.97. The lowest BCUT2D eigenvalue weighted by atomic mass is 10.1. The molecule has 3 nitrogen and oxygen atoms in total. The summed E-state index contributed by atoms with van der Waals surface area (Å²) in [4.78, 5) is 13.7. The lowest BCUT2D eigenvalue weighted by Crippen LogP contribution is -2.10. The Balaban J connectivity index is 2.51. The molecule has 0 aliphatic carbocycles. The highest BCUT2D eigenvalue weighted by atomic mass is 16.1. The number of aromatic nitrogens is 1. The van der Waals surface area contributed by atoms with Crippen molar-refractivity contribution in [1.29, 1.82) is 0 Å². The molecule has 3 N–H and O–H groups in total. The van der Waals surface area contributed by atoms with Gasteiger partial charge in [-0.25, -0.2) is 0 Å². The topological polar surface area (TPSA) is 58.9 Å². The number of benzene rings is 1. The smallest absolute Gasteiger partial charge is 0.226 e. The number of H-pyrrole nitrogens is 1. The van der Waals surface area contributed by atoms with Crippen molar-refractivity contribution in [2.24, 2.45) is 5.73 Å². The van der Waals surface area contributed by atoms with Crippen molar-refractivity contribution in [3.63, 3.8) is 0 Å². The van der Waals surface area contributed by atoms with Crippen molar-refractivity contribution in [2.75, 3.05) is 0 Å². The summed E-state index contributed by atoms with van der Waals surface area (Å²) in [7, 11) is 0. The van der Waals surface area contributed by atoms with E-state index in [0.717, 1.165) is 16.5 Å². The van der Waals surface area contributed by atoms with Crippen LogP contribution < -0.4 is 5.73 Å². The predicted molar refractivity (Wildman–Crippen MR) is 50.9 cm³/mol. The van der Waals surface area contributed by atoms with Gasteiger partial charge in [-0.2, -0.15) is 0 Å². The van der Waals surface area contributed by atoms with E-state index in [-0.39, 0.29) is 0 Å². The van der Waals surface area contributed by atoms with Gasteiger partial charge >= 0.3 is 0 Å². The summed E-state index contributed by atoms with van der Waals surface area (Å²) in [5, 5.41) is 1.02. The molecule has 1 amide bonds. The van der Waals surface area contributed by atoms with Gasteiger partial charge in [0.1, 0.15) is 0 Å². The summed E-state index contributed by atoms with van der Waals surface area (Å²) < 4.78 is 0. The number of nitrogens with two attached hydrogens (primary N) is 1. The molecular formula is C10H9N2O. The molecule has 1 heterocycles. The van der Waals surface area contributed by atoms with Crippen LogP contribution in [0.3, 0.4) is 0 Å². The van der Waals surface area contributed by atoms with Crippen LogP contribution in [0.25, 0.3) is 10.9 Å². The van der Waals surface area contributed by atoms with E-state index in [9.17, 15) is 4.79 Å². The Kier molecular flexibility index (Phi) is 1.77. The number of amides is 1.